The lowest BCUT2D eigenvalue weighted by atomic mass is 10.1. The van der Waals surface area contributed by atoms with E-state index in [1.807, 2.05) is 13.0 Å². The van der Waals surface area contributed by atoms with Crippen molar-refractivity contribution >= 4 is 17.5 Å². The fourth-order valence-electron chi connectivity index (χ4n) is 2.44. The van der Waals surface area contributed by atoms with Crippen LogP contribution in [0.3, 0.4) is 0 Å². The Balaban J connectivity index is 2.08. The van der Waals surface area contributed by atoms with E-state index >= 15 is 0 Å². The van der Waals surface area contributed by atoms with Crippen LogP contribution < -0.4 is 10.5 Å². The molecule has 0 bridgehead atoms. The quantitative estimate of drug-likeness (QED) is 0.816. The van der Waals surface area contributed by atoms with E-state index < -0.39 is 0 Å². The first-order valence-electron chi connectivity index (χ1n) is 7.02. The zero-order valence-corrected chi connectivity index (χ0v) is 12.5. The molecule has 6 heteroatoms. The number of hydrogen-bond acceptors (Lipinski definition) is 4. The molecule has 0 saturated carbocycles. The number of carbonyl (C=O) groups excluding carboxylic acids is 2. The minimum atomic E-state index is -0.0376. The number of nitrogens with zero attached hydrogens (tertiary/aromatic N) is 2. The molecule has 0 aliphatic carbocycles. The van der Waals surface area contributed by atoms with Crippen molar-refractivity contribution < 1.29 is 14.3 Å². The van der Waals surface area contributed by atoms with Crippen LogP contribution in [0.25, 0.3) is 0 Å². The highest BCUT2D eigenvalue weighted by Gasteiger charge is 2.29. The Morgan fingerprint density at radius 1 is 1.14 bits per heavy atom. The molecule has 2 N–H and O–H groups in total. The van der Waals surface area contributed by atoms with Crippen molar-refractivity contribution in [2.75, 3.05) is 32.5 Å². The molecule has 1 heterocycles. The number of nitrogens with two attached hydrogens (primary N) is 1. The number of anilines is 1. The highest BCUT2D eigenvalue weighted by molar-refractivity contribution is 5.92. The first-order chi connectivity index (χ1) is 10.0. The standard InChI is InChI=1S/C15H21N3O3/c1-3-4-17-9-15(20)18(10-14(17)19)8-11-5-12(16)7-13(6-11)21-2/h5-7H,3-4,8-10,16H2,1-2H3. The van der Waals surface area contributed by atoms with Crippen LogP contribution >= 0.6 is 0 Å². The van der Waals surface area contributed by atoms with Crippen LogP contribution in [0, 0.1) is 0 Å². The fraction of sp³-hybridized carbons (Fsp3) is 0.467. The van der Waals surface area contributed by atoms with Gasteiger partial charge in [0.2, 0.25) is 11.8 Å². The normalized spacial score (nSPS) is 15.5. The van der Waals surface area contributed by atoms with Gasteiger partial charge in [0.1, 0.15) is 12.3 Å². The average molecular weight is 291 g/mol. The molecule has 1 fully saturated rings. The Morgan fingerprint density at radius 3 is 2.48 bits per heavy atom. The van der Waals surface area contributed by atoms with Crippen LogP contribution in [-0.2, 0) is 16.1 Å². The van der Waals surface area contributed by atoms with Crippen LogP contribution in [0.15, 0.2) is 18.2 Å². The molecular weight excluding hydrogens is 270 g/mol. The Kier molecular flexibility index (Phi) is 4.67. The number of piperazine rings is 1. The summed E-state index contributed by atoms with van der Waals surface area (Å²) in [5, 5.41) is 0. The summed E-state index contributed by atoms with van der Waals surface area (Å²) in [4.78, 5) is 27.3. The van der Waals surface area contributed by atoms with Crippen molar-refractivity contribution in [2.45, 2.75) is 19.9 Å². The second kappa shape index (κ2) is 6.47. The minimum absolute atomic E-state index is 0.00711. The van der Waals surface area contributed by atoms with Crippen molar-refractivity contribution in [1.29, 1.82) is 0 Å². The lowest BCUT2D eigenvalue weighted by molar-refractivity contribution is -0.150. The molecule has 0 radical (unpaired) electrons. The number of benzene rings is 1. The van der Waals surface area contributed by atoms with Gasteiger partial charge in [-0.25, -0.2) is 0 Å². The van der Waals surface area contributed by atoms with Crippen molar-refractivity contribution in [3.63, 3.8) is 0 Å². The van der Waals surface area contributed by atoms with Gasteiger partial charge in [0.25, 0.3) is 0 Å². The maximum absolute atomic E-state index is 12.1. The average Bonchev–Trinajstić information content (AvgIpc) is 2.44. The number of nitrogen functional groups attached to an aromatic ring is 1. The van der Waals surface area contributed by atoms with Gasteiger partial charge in [-0.3, -0.25) is 9.59 Å². The molecule has 0 spiro atoms. The summed E-state index contributed by atoms with van der Waals surface area (Å²) < 4.78 is 5.16. The van der Waals surface area contributed by atoms with E-state index in [1.165, 1.54) is 0 Å². The number of amides is 2. The Morgan fingerprint density at radius 2 is 1.81 bits per heavy atom. The van der Waals surface area contributed by atoms with E-state index in [9.17, 15) is 9.59 Å². The van der Waals surface area contributed by atoms with Gasteiger partial charge in [0.05, 0.1) is 13.7 Å². The first kappa shape index (κ1) is 15.2. The van der Waals surface area contributed by atoms with Gasteiger partial charge in [-0.2, -0.15) is 0 Å². The van der Waals surface area contributed by atoms with Gasteiger partial charge < -0.3 is 20.3 Å². The van der Waals surface area contributed by atoms with E-state index in [2.05, 4.69) is 0 Å². The van der Waals surface area contributed by atoms with Gasteiger partial charge in [-0.15, -0.1) is 0 Å². The molecule has 1 aliphatic heterocycles. The van der Waals surface area contributed by atoms with Crippen molar-refractivity contribution in [3.05, 3.63) is 23.8 Å². The van der Waals surface area contributed by atoms with Crippen molar-refractivity contribution in [3.8, 4) is 5.75 Å². The molecule has 0 unspecified atom stereocenters. The summed E-state index contributed by atoms with van der Waals surface area (Å²) >= 11 is 0. The summed E-state index contributed by atoms with van der Waals surface area (Å²) in [6.45, 7) is 3.27. The third-order valence-corrected chi connectivity index (χ3v) is 3.45. The molecular formula is C15H21N3O3. The van der Waals surface area contributed by atoms with Crippen LogP contribution in [0.1, 0.15) is 18.9 Å². The fourth-order valence-corrected chi connectivity index (χ4v) is 2.44. The molecule has 2 amide bonds. The topological polar surface area (TPSA) is 75.9 Å². The molecule has 21 heavy (non-hydrogen) atoms. The third-order valence-electron chi connectivity index (χ3n) is 3.45. The monoisotopic (exact) mass is 291 g/mol. The van der Waals surface area contributed by atoms with E-state index in [4.69, 9.17) is 10.5 Å². The molecule has 1 saturated heterocycles. The highest BCUT2D eigenvalue weighted by atomic mass is 16.5. The summed E-state index contributed by atoms with van der Waals surface area (Å²) in [5.74, 6) is 0.602. The molecule has 0 atom stereocenters. The SMILES string of the molecule is CCCN1CC(=O)N(Cc2cc(N)cc(OC)c2)CC1=O. The van der Waals surface area contributed by atoms with Crippen LogP contribution in [0.2, 0.25) is 0 Å². The zero-order chi connectivity index (χ0) is 15.4. The number of methoxy groups -OCH3 is 1. The first-order valence-corrected chi connectivity index (χ1v) is 7.02. The number of rotatable bonds is 5. The number of carbonyl (C=O) groups is 2. The van der Waals surface area contributed by atoms with Crippen molar-refractivity contribution in [1.82, 2.24) is 9.80 Å². The molecule has 6 nitrogen and oxygen atoms in total. The molecule has 1 aromatic rings. The van der Waals surface area contributed by atoms with Gasteiger partial charge >= 0.3 is 0 Å². The maximum Gasteiger partial charge on any atom is 0.242 e. The van der Waals surface area contributed by atoms with Gasteiger partial charge in [0.15, 0.2) is 0 Å². The second-order valence-electron chi connectivity index (χ2n) is 5.18. The molecule has 0 aromatic heterocycles. The van der Waals surface area contributed by atoms with Crippen LogP contribution in [0.4, 0.5) is 5.69 Å². The van der Waals surface area contributed by atoms with E-state index in [0.717, 1.165) is 12.0 Å². The summed E-state index contributed by atoms with van der Waals surface area (Å²) in [6, 6.07) is 5.33. The summed E-state index contributed by atoms with van der Waals surface area (Å²) in [6.07, 6.45) is 0.853. The molecule has 1 aliphatic rings. The number of hydrogen-bond donors (Lipinski definition) is 1. The summed E-state index contributed by atoms with van der Waals surface area (Å²) in [5.41, 5.74) is 7.24. The molecule has 1 aromatic carbocycles. The smallest absolute Gasteiger partial charge is 0.242 e. The van der Waals surface area contributed by atoms with Crippen LogP contribution in [-0.4, -0.2) is 48.4 Å². The largest absolute Gasteiger partial charge is 0.497 e. The van der Waals surface area contributed by atoms with Crippen molar-refractivity contribution in [2.24, 2.45) is 0 Å². The van der Waals surface area contributed by atoms with Gasteiger partial charge in [0, 0.05) is 24.8 Å². The minimum Gasteiger partial charge on any atom is -0.497 e. The predicted molar refractivity (Wildman–Crippen MR) is 79.7 cm³/mol. The Bertz CT molecular complexity index is 545. The Hall–Kier alpha value is -2.24. The lowest BCUT2D eigenvalue weighted by Gasteiger charge is -2.33. The Labute approximate surface area is 124 Å². The molecule has 114 valence electrons. The highest BCUT2D eigenvalue weighted by Crippen LogP contribution is 2.20. The summed E-state index contributed by atoms with van der Waals surface area (Å²) in [7, 11) is 1.57. The predicted octanol–water partition coefficient (Wildman–Crippen LogP) is 0.858. The third kappa shape index (κ3) is 3.65. The van der Waals surface area contributed by atoms with Crippen LogP contribution in [0.5, 0.6) is 5.75 Å². The maximum atomic E-state index is 12.1. The van der Waals surface area contributed by atoms with E-state index in [1.54, 1.807) is 29.0 Å². The zero-order valence-electron chi connectivity index (χ0n) is 12.5. The van der Waals surface area contributed by atoms with Gasteiger partial charge in [-0.1, -0.05) is 6.92 Å². The van der Waals surface area contributed by atoms with E-state index in [0.29, 0.717) is 24.5 Å². The van der Waals surface area contributed by atoms with E-state index in [-0.39, 0.29) is 24.9 Å². The molecule has 2 rings (SSSR count). The lowest BCUT2D eigenvalue weighted by Crippen LogP contribution is -2.53. The number of ether oxygens (including phenoxy) is 1. The second-order valence-corrected chi connectivity index (χ2v) is 5.18. The van der Waals surface area contributed by atoms with Gasteiger partial charge in [-0.05, 0) is 24.1 Å².